The fraction of sp³-hybridized carbons (Fsp3) is 0.750. The van der Waals surface area contributed by atoms with Crippen LogP contribution < -0.4 is 0 Å². The summed E-state index contributed by atoms with van der Waals surface area (Å²) >= 11 is 1.65. The number of thioether (sulfide) groups is 1. The van der Waals surface area contributed by atoms with Crippen molar-refractivity contribution in [2.24, 2.45) is 0 Å². The van der Waals surface area contributed by atoms with E-state index in [4.69, 9.17) is 5.26 Å². The molecule has 3 nitrogen and oxygen atoms in total. The summed E-state index contributed by atoms with van der Waals surface area (Å²) in [5, 5.41) is 8.39. The standard InChI is InChI=1S/C8H14N2OS/c1-3-10(6-5-9)8(11)4-7-12-2/h3-4,6-7H2,1-2H3. The molecule has 0 aromatic heterocycles. The highest BCUT2D eigenvalue weighted by atomic mass is 32.2. The van der Waals surface area contributed by atoms with E-state index >= 15 is 0 Å². The molecule has 4 heteroatoms. The van der Waals surface area contributed by atoms with Crippen LogP contribution in [-0.2, 0) is 4.79 Å². The van der Waals surface area contributed by atoms with E-state index in [0.717, 1.165) is 5.75 Å². The average molecular weight is 186 g/mol. The number of hydrogen-bond acceptors (Lipinski definition) is 3. The highest BCUT2D eigenvalue weighted by molar-refractivity contribution is 7.98. The van der Waals surface area contributed by atoms with Gasteiger partial charge in [-0.05, 0) is 13.2 Å². The van der Waals surface area contributed by atoms with Crippen molar-refractivity contribution in [2.75, 3.05) is 25.1 Å². The van der Waals surface area contributed by atoms with Gasteiger partial charge in [-0.1, -0.05) is 0 Å². The highest BCUT2D eigenvalue weighted by Crippen LogP contribution is 1.99. The van der Waals surface area contributed by atoms with Crippen LogP contribution in [0.25, 0.3) is 0 Å². The van der Waals surface area contributed by atoms with Crippen molar-refractivity contribution in [3.05, 3.63) is 0 Å². The van der Waals surface area contributed by atoms with E-state index in [2.05, 4.69) is 0 Å². The third-order valence-corrected chi connectivity index (χ3v) is 2.13. The molecule has 0 fully saturated rings. The van der Waals surface area contributed by atoms with Gasteiger partial charge >= 0.3 is 0 Å². The summed E-state index contributed by atoms with van der Waals surface area (Å²) in [6.45, 7) is 2.72. The van der Waals surface area contributed by atoms with Crippen LogP contribution in [0.4, 0.5) is 0 Å². The molecule has 0 aliphatic rings. The van der Waals surface area contributed by atoms with Gasteiger partial charge in [0.05, 0.1) is 6.07 Å². The fourth-order valence-corrected chi connectivity index (χ4v) is 1.19. The Balaban J connectivity index is 3.79. The first kappa shape index (κ1) is 11.3. The molecule has 1 amide bonds. The first-order chi connectivity index (χ1) is 5.76. The Labute approximate surface area is 77.7 Å². The van der Waals surface area contributed by atoms with Crippen LogP contribution in [0.1, 0.15) is 13.3 Å². The molecule has 0 radical (unpaired) electrons. The van der Waals surface area contributed by atoms with Gasteiger partial charge < -0.3 is 4.90 Å². The molecule has 0 rings (SSSR count). The van der Waals surface area contributed by atoms with Crippen LogP contribution >= 0.6 is 11.8 Å². The molecule has 0 heterocycles. The van der Waals surface area contributed by atoms with E-state index in [9.17, 15) is 4.79 Å². The summed E-state index contributed by atoms with van der Waals surface area (Å²) in [5.74, 6) is 0.911. The van der Waals surface area contributed by atoms with E-state index in [1.165, 1.54) is 0 Å². The second-order valence-corrected chi connectivity index (χ2v) is 3.29. The molecule has 0 atom stereocenters. The number of carbonyl (C=O) groups is 1. The van der Waals surface area contributed by atoms with Gasteiger partial charge in [-0.15, -0.1) is 0 Å². The molecular formula is C8H14N2OS. The lowest BCUT2D eigenvalue weighted by atomic mass is 10.4. The van der Waals surface area contributed by atoms with Gasteiger partial charge in [0.1, 0.15) is 6.54 Å². The fourth-order valence-electron chi connectivity index (χ4n) is 0.809. The normalized spacial score (nSPS) is 9.08. The lowest BCUT2D eigenvalue weighted by molar-refractivity contribution is -0.129. The predicted octanol–water partition coefficient (Wildman–Crippen LogP) is 1.11. The number of amides is 1. The number of nitriles is 1. The van der Waals surface area contributed by atoms with E-state index in [1.54, 1.807) is 16.7 Å². The lowest BCUT2D eigenvalue weighted by Gasteiger charge is -2.16. The highest BCUT2D eigenvalue weighted by Gasteiger charge is 2.09. The molecule has 0 aliphatic heterocycles. The Bertz CT molecular complexity index is 176. The maximum absolute atomic E-state index is 11.3. The van der Waals surface area contributed by atoms with Crippen molar-refractivity contribution >= 4 is 17.7 Å². The van der Waals surface area contributed by atoms with Crippen LogP contribution in [0, 0.1) is 11.3 Å². The number of nitrogens with zero attached hydrogens (tertiary/aromatic N) is 2. The zero-order chi connectivity index (χ0) is 9.40. The topological polar surface area (TPSA) is 44.1 Å². The monoisotopic (exact) mass is 186 g/mol. The van der Waals surface area contributed by atoms with Crippen LogP contribution in [0.3, 0.4) is 0 Å². The molecule has 0 aromatic carbocycles. The molecule has 0 bridgehead atoms. The summed E-state index contributed by atoms with van der Waals surface area (Å²) in [6, 6.07) is 1.97. The lowest BCUT2D eigenvalue weighted by Crippen LogP contribution is -2.31. The first-order valence-electron chi connectivity index (χ1n) is 3.89. The molecule has 0 aliphatic carbocycles. The molecule has 0 unspecified atom stereocenters. The number of rotatable bonds is 5. The molecule has 0 spiro atoms. The third-order valence-electron chi connectivity index (χ3n) is 1.52. The first-order valence-corrected chi connectivity index (χ1v) is 5.29. The van der Waals surface area contributed by atoms with Gasteiger partial charge in [0.25, 0.3) is 0 Å². The SMILES string of the molecule is CCN(CC#N)C(=O)CCSC. The predicted molar refractivity (Wildman–Crippen MR) is 50.9 cm³/mol. The van der Waals surface area contributed by atoms with Gasteiger partial charge in [-0.25, -0.2) is 0 Å². The minimum absolute atomic E-state index is 0.0772. The van der Waals surface area contributed by atoms with Crippen molar-refractivity contribution in [2.45, 2.75) is 13.3 Å². The quantitative estimate of drug-likeness (QED) is 0.604. The second kappa shape index (κ2) is 6.99. The molecule has 12 heavy (non-hydrogen) atoms. The maximum Gasteiger partial charge on any atom is 0.224 e. The maximum atomic E-state index is 11.3. The molecule has 0 N–H and O–H groups in total. The smallest absolute Gasteiger partial charge is 0.224 e. The minimum atomic E-state index is 0.0772. The minimum Gasteiger partial charge on any atom is -0.330 e. The molecular weight excluding hydrogens is 172 g/mol. The zero-order valence-corrected chi connectivity index (χ0v) is 8.36. The number of carbonyl (C=O) groups excluding carboxylic acids is 1. The van der Waals surface area contributed by atoms with E-state index in [0.29, 0.717) is 13.0 Å². The van der Waals surface area contributed by atoms with E-state index < -0.39 is 0 Å². The van der Waals surface area contributed by atoms with Crippen LogP contribution in [-0.4, -0.2) is 35.9 Å². The summed E-state index contributed by atoms with van der Waals surface area (Å²) in [4.78, 5) is 12.9. The Morgan fingerprint density at radius 2 is 2.33 bits per heavy atom. The summed E-state index contributed by atoms with van der Waals surface area (Å²) < 4.78 is 0. The van der Waals surface area contributed by atoms with Crippen LogP contribution in [0.5, 0.6) is 0 Å². The van der Waals surface area contributed by atoms with Gasteiger partial charge in [0.15, 0.2) is 0 Å². The van der Waals surface area contributed by atoms with E-state index in [1.807, 2.05) is 19.2 Å². The van der Waals surface area contributed by atoms with E-state index in [-0.39, 0.29) is 12.5 Å². The van der Waals surface area contributed by atoms with Gasteiger partial charge in [-0.3, -0.25) is 4.79 Å². The van der Waals surface area contributed by atoms with Crippen molar-refractivity contribution < 1.29 is 4.79 Å². The molecule has 0 saturated heterocycles. The van der Waals surface area contributed by atoms with Crippen molar-refractivity contribution in [3.63, 3.8) is 0 Å². The summed E-state index contributed by atoms with van der Waals surface area (Å²) in [6.07, 6.45) is 2.50. The Kier molecular flexibility index (Phi) is 6.58. The molecule has 0 saturated carbocycles. The van der Waals surface area contributed by atoms with Gasteiger partial charge in [0.2, 0.25) is 5.91 Å². The van der Waals surface area contributed by atoms with Crippen LogP contribution in [0.2, 0.25) is 0 Å². The molecule has 68 valence electrons. The summed E-state index contributed by atoms with van der Waals surface area (Å²) in [7, 11) is 0. The Morgan fingerprint density at radius 3 is 2.75 bits per heavy atom. The van der Waals surface area contributed by atoms with Crippen molar-refractivity contribution in [1.82, 2.24) is 4.90 Å². The second-order valence-electron chi connectivity index (χ2n) is 2.31. The largest absolute Gasteiger partial charge is 0.330 e. The van der Waals surface area contributed by atoms with Gasteiger partial charge in [-0.2, -0.15) is 17.0 Å². The van der Waals surface area contributed by atoms with Crippen molar-refractivity contribution in [3.8, 4) is 6.07 Å². The Hall–Kier alpha value is -0.690. The Morgan fingerprint density at radius 1 is 1.67 bits per heavy atom. The molecule has 0 aromatic rings. The van der Waals surface area contributed by atoms with Gasteiger partial charge in [0, 0.05) is 18.7 Å². The average Bonchev–Trinajstić information content (AvgIpc) is 2.10. The van der Waals surface area contributed by atoms with Crippen molar-refractivity contribution in [1.29, 1.82) is 5.26 Å². The number of hydrogen-bond donors (Lipinski definition) is 0. The van der Waals surface area contributed by atoms with Crippen LogP contribution in [0.15, 0.2) is 0 Å². The third kappa shape index (κ3) is 4.24. The zero-order valence-electron chi connectivity index (χ0n) is 7.54. The summed E-state index contributed by atoms with van der Waals surface area (Å²) in [5.41, 5.74) is 0.